The molecule has 0 bridgehead atoms. The molecule has 1 N–H and O–H groups in total. The molecule has 1 rings (SSSR count). The molecule has 0 aliphatic heterocycles. The number of benzene rings is 1. The quantitative estimate of drug-likeness (QED) is 0.476. The van der Waals surface area contributed by atoms with Crippen LogP contribution in [0.3, 0.4) is 0 Å². The van der Waals surface area contributed by atoms with E-state index >= 15 is 0 Å². The molecule has 0 saturated heterocycles. The van der Waals surface area contributed by atoms with Crippen LogP contribution in [0, 0.1) is 10.1 Å². The summed E-state index contributed by atoms with van der Waals surface area (Å²) in [6.45, 7) is 3.48. The van der Waals surface area contributed by atoms with Crippen molar-refractivity contribution >= 4 is 11.7 Å². The molecule has 1 aromatic carbocycles. The molecule has 1 unspecified atom stereocenters. The van der Waals surface area contributed by atoms with E-state index in [2.05, 4.69) is 6.58 Å². The van der Waals surface area contributed by atoms with Gasteiger partial charge in [0.25, 0.3) is 0 Å². The topological polar surface area (TPSA) is 89.7 Å². The van der Waals surface area contributed by atoms with E-state index in [9.17, 15) is 14.9 Å². The van der Waals surface area contributed by atoms with Crippen LogP contribution in [0.5, 0.6) is 5.75 Å². The summed E-state index contributed by atoms with van der Waals surface area (Å²) in [6.07, 6.45) is 1.67. The van der Waals surface area contributed by atoms with Crippen molar-refractivity contribution in [1.82, 2.24) is 0 Å². The average Bonchev–Trinajstić information content (AvgIpc) is 2.34. The van der Waals surface area contributed by atoms with Crippen LogP contribution in [0.1, 0.15) is 17.9 Å². The highest BCUT2D eigenvalue weighted by Crippen LogP contribution is 2.31. The van der Waals surface area contributed by atoms with Crippen molar-refractivity contribution in [3.8, 4) is 5.75 Å². The maximum absolute atomic E-state index is 11.1. The summed E-state index contributed by atoms with van der Waals surface area (Å²) in [6, 6.07) is 4.13. The molecule has 0 aliphatic carbocycles. The monoisotopic (exact) mass is 251 g/mol. The Bertz CT molecular complexity index is 483. The predicted molar refractivity (Wildman–Crippen MR) is 64.8 cm³/mol. The lowest BCUT2D eigenvalue weighted by molar-refractivity contribution is -0.385. The third-order valence-electron chi connectivity index (χ3n) is 2.50. The maximum atomic E-state index is 11.1. The highest BCUT2D eigenvalue weighted by molar-refractivity contribution is 5.77. The lowest BCUT2D eigenvalue weighted by Gasteiger charge is -2.11. The van der Waals surface area contributed by atoms with Gasteiger partial charge in [-0.05, 0) is 18.1 Å². The van der Waals surface area contributed by atoms with E-state index in [1.165, 1.54) is 31.4 Å². The first kappa shape index (κ1) is 13.7. The van der Waals surface area contributed by atoms with Gasteiger partial charge in [0.05, 0.1) is 18.0 Å². The number of hydrogen-bond acceptors (Lipinski definition) is 4. The van der Waals surface area contributed by atoms with Crippen molar-refractivity contribution in [2.45, 2.75) is 12.3 Å². The molecule has 0 aromatic heterocycles. The number of nitrogens with zero attached hydrogens (tertiary/aromatic N) is 1. The van der Waals surface area contributed by atoms with Gasteiger partial charge in [-0.1, -0.05) is 12.1 Å². The molecule has 96 valence electrons. The second-order valence-corrected chi connectivity index (χ2v) is 3.60. The van der Waals surface area contributed by atoms with Gasteiger partial charge in [-0.3, -0.25) is 14.9 Å². The van der Waals surface area contributed by atoms with Crippen molar-refractivity contribution in [1.29, 1.82) is 0 Å². The molecule has 6 nitrogen and oxygen atoms in total. The van der Waals surface area contributed by atoms with Gasteiger partial charge in [0.1, 0.15) is 0 Å². The highest BCUT2D eigenvalue weighted by Gasteiger charge is 2.23. The van der Waals surface area contributed by atoms with E-state index in [0.29, 0.717) is 5.56 Å². The zero-order valence-electron chi connectivity index (χ0n) is 9.83. The average molecular weight is 251 g/mol. The van der Waals surface area contributed by atoms with Crippen molar-refractivity contribution < 1.29 is 19.6 Å². The van der Waals surface area contributed by atoms with E-state index in [0.717, 1.165) is 0 Å². The van der Waals surface area contributed by atoms with Gasteiger partial charge in [-0.25, -0.2) is 0 Å². The largest absolute Gasteiger partial charge is 0.490 e. The molecule has 18 heavy (non-hydrogen) atoms. The van der Waals surface area contributed by atoms with Gasteiger partial charge >= 0.3 is 11.7 Å². The SMILES string of the molecule is C=CCC(C(=O)O)c1ccc(OC)c([N+](=O)[O-])c1. The number of carboxylic acids is 1. The second kappa shape index (κ2) is 5.81. The number of rotatable bonds is 6. The van der Waals surface area contributed by atoms with E-state index in [1.807, 2.05) is 0 Å². The van der Waals surface area contributed by atoms with Gasteiger partial charge < -0.3 is 9.84 Å². The zero-order chi connectivity index (χ0) is 13.7. The summed E-state index contributed by atoms with van der Waals surface area (Å²) < 4.78 is 4.85. The Morgan fingerprint density at radius 2 is 2.33 bits per heavy atom. The molecule has 6 heteroatoms. The Hall–Kier alpha value is -2.37. The number of allylic oxidation sites excluding steroid dienone is 1. The van der Waals surface area contributed by atoms with Crippen LogP contribution < -0.4 is 4.74 Å². The number of nitro groups is 1. The summed E-state index contributed by atoms with van der Waals surface area (Å²) in [7, 11) is 1.32. The van der Waals surface area contributed by atoms with Gasteiger partial charge in [-0.2, -0.15) is 0 Å². The van der Waals surface area contributed by atoms with Crippen LogP contribution in [-0.2, 0) is 4.79 Å². The molecule has 0 spiro atoms. The minimum Gasteiger partial charge on any atom is -0.490 e. The molecule has 0 radical (unpaired) electrons. The van der Waals surface area contributed by atoms with Gasteiger partial charge in [-0.15, -0.1) is 6.58 Å². The van der Waals surface area contributed by atoms with Crippen LogP contribution in [-0.4, -0.2) is 23.1 Å². The standard InChI is InChI=1S/C12H13NO5/c1-3-4-9(12(14)15)8-5-6-11(18-2)10(7-8)13(16)17/h3,5-7,9H,1,4H2,2H3,(H,14,15). The molecule has 0 aliphatic rings. The van der Waals surface area contributed by atoms with Gasteiger partial charge in [0, 0.05) is 6.07 Å². The van der Waals surface area contributed by atoms with Gasteiger partial charge in [0.2, 0.25) is 0 Å². The summed E-state index contributed by atoms with van der Waals surface area (Å²) in [5.74, 6) is -1.78. The fourth-order valence-electron chi connectivity index (χ4n) is 1.61. The normalized spacial score (nSPS) is 11.6. The number of aliphatic carboxylic acids is 1. The van der Waals surface area contributed by atoms with E-state index in [4.69, 9.17) is 9.84 Å². The summed E-state index contributed by atoms with van der Waals surface area (Å²) in [5.41, 5.74) is 0.111. The molecule has 1 atom stereocenters. The van der Waals surface area contributed by atoms with Gasteiger partial charge in [0.15, 0.2) is 5.75 Å². The Morgan fingerprint density at radius 3 is 2.78 bits per heavy atom. The highest BCUT2D eigenvalue weighted by atomic mass is 16.6. The molecule has 0 fully saturated rings. The third kappa shape index (κ3) is 2.85. The third-order valence-corrected chi connectivity index (χ3v) is 2.50. The molecule has 0 heterocycles. The number of hydrogen-bond donors (Lipinski definition) is 1. The van der Waals surface area contributed by atoms with Crippen LogP contribution in [0.25, 0.3) is 0 Å². The number of carbonyl (C=O) groups is 1. The van der Waals surface area contributed by atoms with Crippen molar-refractivity contribution in [3.63, 3.8) is 0 Å². The maximum Gasteiger partial charge on any atom is 0.311 e. The summed E-state index contributed by atoms with van der Waals surface area (Å²) in [4.78, 5) is 21.3. The lowest BCUT2D eigenvalue weighted by atomic mass is 9.95. The number of carboxylic acid groups (broad SMARTS) is 1. The Labute approximate surface area is 104 Å². The summed E-state index contributed by atoms with van der Waals surface area (Å²) >= 11 is 0. The second-order valence-electron chi connectivity index (χ2n) is 3.60. The summed E-state index contributed by atoms with van der Waals surface area (Å²) in [5, 5.41) is 19.9. The van der Waals surface area contributed by atoms with Crippen molar-refractivity contribution in [2.24, 2.45) is 0 Å². The Balaban J connectivity index is 3.24. The van der Waals surface area contributed by atoms with Crippen molar-refractivity contribution in [3.05, 3.63) is 46.5 Å². The van der Waals surface area contributed by atoms with E-state index in [-0.39, 0.29) is 17.9 Å². The molecular weight excluding hydrogens is 238 g/mol. The molecule has 1 aromatic rings. The first-order chi connectivity index (χ1) is 8.51. The van der Waals surface area contributed by atoms with Crippen molar-refractivity contribution in [2.75, 3.05) is 7.11 Å². The minimum absolute atomic E-state index is 0.103. The Kier molecular flexibility index (Phi) is 4.42. The van der Waals surface area contributed by atoms with Crippen LogP contribution in [0.15, 0.2) is 30.9 Å². The molecular formula is C12H13NO5. The smallest absolute Gasteiger partial charge is 0.311 e. The number of nitro benzene ring substituents is 1. The predicted octanol–water partition coefficient (Wildman–Crippen LogP) is 2.35. The van der Waals surface area contributed by atoms with E-state index < -0.39 is 16.8 Å². The number of ether oxygens (including phenoxy) is 1. The first-order valence-electron chi connectivity index (χ1n) is 5.17. The van der Waals surface area contributed by atoms with Crippen LogP contribution in [0.2, 0.25) is 0 Å². The van der Waals surface area contributed by atoms with Crippen LogP contribution >= 0.6 is 0 Å². The minimum atomic E-state index is -1.05. The van der Waals surface area contributed by atoms with E-state index in [1.54, 1.807) is 0 Å². The molecule has 0 amide bonds. The first-order valence-corrected chi connectivity index (χ1v) is 5.17. The number of methoxy groups -OCH3 is 1. The lowest BCUT2D eigenvalue weighted by Crippen LogP contribution is -2.11. The molecule has 0 saturated carbocycles. The zero-order valence-corrected chi connectivity index (χ0v) is 9.83. The fourth-order valence-corrected chi connectivity index (χ4v) is 1.61. The van der Waals surface area contributed by atoms with Crippen LogP contribution in [0.4, 0.5) is 5.69 Å². The Morgan fingerprint density at radius 1 is 1.67 bits per heavy atom. The fraction of sp³-hybridized carbons (Fsp3) is 0.250.